The van der Waals surface area contributed by atoms with E-state index in [4.69, 9.17) is 0 Å². The van der Waals surface area contributed by atoms with Crippen LogP contribution < -0.4 is 5.32 Å². The molecule has 6 heteroatoms. The summed E-state index contributed by atoms with van der Waals surface area (Å²) >= 11 is 0. The minimum atomic E-state index is -4.46. The molecule has 0 aliphatic heterocycles. The number of rotatable bonds is 4. The van der Waals surface area contributed by atoms with E-state index in [0.717, 1.165) is 6.07 Å². The van der Waals surface area contributed by atoms with Crippen molar-refractivity contribution in [3.05, 3.63) is 29.8 Å². The van der Waals surface area contributed by atoms with Crippen molar-refractivity contribution in [2.45, 2.75) is 25.6 Å². The molecule has 0 saturated heterocycles. The molecule has 0 spiro atoms. The number of carbonyl (C=O) groups excluding carboxylic acids is 1. The van der Waals surface area contributed by atoms with Crippen LogP contribution in [-0.4, -0.2) is 19.1 Å². The van der Waals surface area contributed by atoms with E-state index < -0.39 is 23.8 Å². The molecule has 100 valence electrons. The largest absolute Gasteiger partial charge is 0.467 e. The first-order valence-electron chi connectivity index (χ1n) is 5.40. The highest BCUT2D eigenvalue weighted by atomic mass is 19.4. The summed E-state index contributed by atoms with van der Waals surface area (Å²) in [7, 11) is 1.20. The van der Waals surface area contributed by atoms with Crippen LogP contribution in [0.5, 0.6) is 0 Å². The number of alkyl halides is 3. The van der Waals surface area contributed by atoms with Gasteiger partial charge in [0, 0.05) is 5.69 Å². The van der Waals surface area contributed by atoms with Crippen LogP contribution in [0.3, 0.4) is 0 Å². The fourth-order valence-electron chi connectivity index (χ4n) is 1.51. The second-order valence-electron chi connectivity index (χ2n) is 3.67. The van der Waals surface area contributed by atoms with Crippen LogP contribution in [-0.2, 0) is 15.7 Å². The number of halogens is 3. The highest BCUT2D eigenvalue weighted by molar-refractivity contribution is 5.79. The summed E-state index contributed by atoms with van der Waals surface area (Å²) in [6.45, 7) is 1.69. The monoisotopic (exact) mass is 261 g/mol. The Kier molecular flexibility index (Phi) is 4.58. The van der Waals surface area contributed by atoms with Crippen molar-refractivity contribution < 1.29 is 22.7 Å². The number of esters is 1. The summed E-state index contributed by atoms with van der Waals surface area (Å²) in [5, 5.41) is 2.56. The Morgan fingerprint density at radius 2 is 2.00 bits per heavy atom. The van der Waals surface area contributed by atoms with Gasteiger partial charge < -0.3 is 10.1 Å². The third-order valence-electron chi connectivity index (χ3n) is 2.46. The Bertz CT molecular complexity index is 418. The molecule has 0 amide bonds. The quantitative estimate of drug-likeness (QED) is 0.846. The SMILES string of the molecule is CCC(Nc1ccccc1C(F)(F)F)C(=O)OC. The van der Waals surface area contributed by atoms with E-state index >= 15 is 0 Å². The number of ether oxygens (including phenoxy) is 1. The predicted molar refractivity (Wildman–Crippen MR) is 61.2 cm³/mol. The number of benzene rings is 1. The van der Waals surface area contributed by atoms with Crippen molar-refractivity contribution in [2.75, 3.05) is 12.4 Å². The standard InChI is InChI=1S/C12H14F3NO2/c1-3-9(11(17)18-2)16-10-7-5-4-6-8(10)12(13,14)15/h4-7,9,16H,3H2,1-2H3. The second-order valence-corrected chi connectivity index (χ2v) is 3.67. The van der Waals surface area contributed by atoms with Crippen molar-refractivity contribution in [1.82, 2.24) is 0 Å². The molecule has 18 heavy (non-hydrogen) atoms. The molecule has 0 bridgehead atoms. The van der Waals surface area contributed by atoms with Gasteiger partial charge in [-0.3, -0.25) is 0 Å². The lowest BCUT2D eigenvalue weighted by atomic mass is 10.1. The Labute approximate surface area is 103 Å². The van der Waals surface area contributed by atoms with Gasteiger partial charge in [0.2, 0.25) is 0 Å². The van der Waals surface area contributed by atoms with Crippen LogP contribution in [0.15, 0.2) is 24.3 Å². The van der Waals surface area contributed by atoms with Gasteiger partial charge in [0.15, 0.2) is 0 Å². The first-order valence-corrected chi connectivity index (χ1v) is 5.40. The Morgan fingerprint density at radius 3 is 2.50 bits per heavy atom. The van der Waals surface area contributed by atoms with Crippen molar-refractivity contribution in [2.24, 2.45) is 0 Å². The number of carbonyl (C=O) groups is 1. The normalized spacial score (nSPS) is 12.9. The Balaban J connectivity index is 3.00. The lowest BCUT2D eigenvalue weighted by Gasteiger charge is -2.19. The average molecular weight is 261 g/mol. The van der Waals surface area contributed by atoms with Gasteiger partial charge in [-0.2, -0.15) is 13.2 Å². The third kappa shape index (κ3) is 3.38. The molecular formula is C12H14F3NO2. The number of nitrogens with one attached hydrogen (secondary N) is 1. The van der Waals surface area contributed by atoms with E-state index in [-0.39, 0.29) is 5.69 Å². The molecule has 1 aromatic rings. The molecular weight excluding hydrogens is 247 g/mol. The van der Waals surface area contributed by atoms with Gasteiger partial charge in [-0.05, 0) is 18.6 Å². The number of anilines is 1. The zero-order chi connectivity index (χ0) is 13.8. The zero-order valence-corrected chi connectivity index (χ0v) is 10.0. The number of hydrogen-bond acceptors (Lipinski definition) is 3. The summed E-state index contributed by atoms with van der Waals surface area (Å²) in [5.41, 5.74) is -0.922. The minimum absolute atomic E-state index is 0.123. The lowest BCUT2D eigenvalue weighted by molar-refractivity contribution is -0.142. The first-order chi connectivity index (χ1) is 8.40. The molecule has 1 unspecified atom stereocenters. The molecule has 0 heterocycles. The van der Waals surface area contributed by atoms with Crippen LogP contribution in [0, 0.1) is 0 Å². The summed E-state index contributed by atoms with van der Waals surface area (Å²) in [6.07, 6.45) is -4.13. The molecule has 0 saturated carbocycles. The number of methoxy groups -OCH3 is 1. The summed E-state index contributed by atoms with van der Waals surface area (Å²) < 4.78 is 42.7. The van der Waals surface area contributed by atoms with Gasteiger partial charge in [-0.15, -0.1) is 0 Å². The molecule has 1 aromatic carbocycles. The van der Waals surface area contributed by atoms with E-state index in [2.05, 4.69) is 10.1 Å². The molecule has 0 radical (unpaired) electrons. The van der Waals surface area contributed by atoms with E-state index in [1.807, 2.05) is 0 Å². The van der Waals surface area contributed by atoms with E-state index in [0.29, 0.717) is 6.42 Å². The Morgan fingerprint density at radius 1 is 1.39 bits per heavy atom. The van der Waals surface area contributed by atoms with Crippen molar-refractivity contribution in [1.29, 1.82) is 0 Å². The van der Waals surface area contributed by atoms with Crippen molar-refractivity contribution >= 4 is 11.7 Å². The summed E-state index contributed by atoms with van der Waals surface area (Å²) in [4.78, 5) is 11.3. The van der Waals surface area contributed by atoms with Crippen molar-refractivity contribution in [3.8, 4) is 0 Å². The summed E-state index contributed by atoms with van der Waals surface area (Å²) in [6, 6.07) is 4.23. The van der Waals surface area contributed by atoms with Crippen LogP contribution in [0.2, 0.25) is 0 Å². The topological polar surface area (TPSA) is 38.3 Å². The number of para-hydroxylation sites is 1. The molecule has 0 aliphatic carbocycles. The van der Waals surface area contributed by atoms with Gasteiger partial charge in [-0.1, -0.05) is 19.1 Å². The van der Waals surface area contributed by atoms with Crippen LogP contribution >= 0.6 is 0 Å². The maximum atomic E-state index is 12.7. The first kappa shape index (κ1) is 14.3. The maximum Gasteiger partial charge on any atom is 0.418 e. The zero-order valence-electron chi connectivity index (χ0n) is 10.0. The average Bonchev–Trinajstić information content (AvgIpc) is 2.34. The van der Waals surface area contributed by atoms with Gasteiger partial charge in [0.25, 0.3) is 0 Å². The molecule has 0 aliphatic rings. The van der Waals surface area contributed by atoms with E-state index in [1.165, 1.54) is 25.3 Å². The van der Waals surface area contributed by atoms with Crippen molar-refractivity contribution in [3.63, 3.8) is 0 Å². The van der Waals surface area contributed by atoms with Gasteiger partial charge >= 0.3 is 12.1 Å². The van der Waals surface area contributed by atoms with E-state index in [9.17, 15) is 18.0 Å². The Hall–Kier alpha value is -1.72. The minimum Gasteiger partial charge on any atom is -0.467 e. The molecule has 3 nitrogen and oxygen atoms in total. The predicted octanol–water partition coefficient (Wildman–Crippen LogP) is 3.07. The summed E-state index contributed by atoms with van der Waals surface area (Å²) in [5.74, 6) is -0.588. The lowest BCUT2D eigenvalue weighted by Crippen LogP contribution is -2.30. The molecule has 0 fully saturated rings. The molecule has 1 rings (SSSR count). The molecule has 0 aromatic heterocycles. The van der Waals surface area contributed by atoms with E-state index in [1.54, 1.807) is 6.92 Å². The second kappa shape index (κ2) is 5.75. The van der Waals surface area contributed by atoms with Crippen LogP contribution in [0.1, 0.15) is 18.9 Å². The van der Waals surface area contributed by atoms with Gasteiger partial charge in [-0.25, -0.2) is 4.79 Å². The highest BCUT2D eigenvalue weighted by Gasteiger charge is 2.34. The fourth-order valence-corrected chi connectivity index (χ4v) is 1.51. The third-order valence-corrected chi connectivity index (χ3v) is 2.46. The van der Waals surface area contributed by atoms with Gasteiger partial charge in [0.05, 0.1) is 12.7 Å². The highest BCUT2D eigenvalue weighted by Crippen LogP contribution is 2.34. The smallest absolute Gasteiger partial charge is 0.418 e. The van der Waals surface area contributed by atoms with Crippen LogP contribution in [0.25, 0.3) is 0 Å². The maximum absolute atomic E-state index is 12.7. The van der Waals surface area contributed by atoms with Gasteiger partial charge in [0.1, 0.15) is 6.04 Å². The van der Waals surface area contributed by atoms with Crippen LogP contribution in [0.4, 0.5) is 18.9 Å². The molecule has 1 N–H and O–H groups in total. The fraction of sp³-hybridized carbons (Fsp3) is 0.417. The number of hydrogen-bond donors (Lipinski definition) is 1. The molecule has 1 atom stereocenters.